The second kappa shape index (κ2) is 2.58. The molecule has 1 saturated carbocycles. The van der Waals surface area contributed by atoms with Crippen LogP contribution in [-0.4, -0.2) is 11.0 Å². The number of hydrogen-bond acceptors (Lipinski definition) is 3. The lowest BCUT2D eigenvalue weighted by molar-refractivity contribution is 0.422. The zero-order valence-corrected chi connectivity index (χ0v) is 7.62. The summed E-state index contributed by atoms with van der Waals surface area (Å²) in [7, 11) is 0. The zero-order chi connectivity index (χ0) is 8.84. The van der Waals surface area contributed by atoms with Gasteiger partial charge in [0.15, 0.2) is 5.89 Å². The first-order valence-corrected chi connectivity index (χ1v) is 5.07. The molecule has 3 rings (SSSR count). The fourth-order valence-corrected chi connectivity index (χ4v) is 1.93. The largest absolute Gasteiger partial charge is 0.445 e. The highest BCUT2D eigenvalue weighted by atomic mass is 16.4. The SMILES string of the molecule is NC1CCc2nc(C3CC3)oc2C1. The summed E-state index contributed by atoms with van der Waals surface area (Å²) in [6.45, 7) is 0. The molecule has 3 heteroatoms. The van der Waals surface area contributed by atoms with Crippen molar-refractivity contribution in [3.8, 4) is 0 Å². The minimum Gasteiger partial charge on any atom is -0.445 e. The van der Waals surface area contributed by atoms with E-state index in [0.29, 0.717) is 5.92 Å². The number of hydrogen-bond donors (Lipinski definition) is 1. The van der Waals surface area contributed by atoms with Crippen molar-refractivity contribution < 1.29 is 4.42 Å². The number of aromatic nitrogens is 1. The van der Waals surface area contributed by atoms with E-state index < -0.39 is 0 Å². The molecular weight excluding hydrogens is 164 g/mol. The Morgan fingerprint density at radius 1 is 1.31 bits per heavy atom. The van der Waals surface area contributed by atoms with E-state index in [1.807, 2.05) is 0 Å². The lowest BCUT2D eigenvalue weighted by Crippen LogP contribution is -2.27. The summed E-state index contributed by atoms with van der Waals surface area (Å²) < 4.78 is 5.71. The minimum absolute atomic E-state index is 0.285. The van der Waals surface area contributed by atoms with Gasteiger partial charge in [0, 0.05) is 18.4 Å². The molecule has 0 aliphatic heterocycles. The zero-order valence-electron chi connectivity index (χ0n) is 7.62. The summed E-state index contributed by atoms with van der Waals surface area (Å²) in [5.74, 6) is 2.65. The predicted octanol–water partition coefficient (Wildman–Crippen LogP) is 1.37. The van der Waals surface area contributed by atoms with Crippen LogP contribution < -0.4 is 5.73 Å². The number of oxazole rings is 1. The van der Waals surface area contributed by atoms with Crippen LogP contribution >= 0.6 is 0 Å². The molecule has 2 N–H and O–H groups in total. The maximum Gasteiger partial charge on any atom is 0.197 e. The molecule has 1 aromatic rings. The van der Waals surface area contributed by atoms with E-state index in [0.717, 1.165) is 30.9 Å². The minimum atomic E-state index is 0.285. The van der Waals surface area contributed by atoms with Crippen LogP contribution in [0.2, 0.25) is 0 Å². The van der Waals surface area contributed by atoms with Crippen LogP contribution in [0.25, 0.3) is 0 Å². The van der Waals surface area contributed by atoms with Crippen LogP contribution in [-0.2, 0) is 12.8 Å². The van der Waals surface area contributed by atoms with Gasteiger partial charge in [0.25, 0.3) is 0 Å². The Hall–Kier alpha value is -0.830. The third-order valence-corrected chi connectivity index (χ3v) is 2.92. The third-order valence-electron chi connectivity index (χ3n) is 2.92. The Bertz CT molecular complexity index is 328. The molecule has 13 heavy (non-hydrogen) atoms. The van der Waals surface area contributed by atoms with Crippen molar-refractivity contribution >= 4 is 0 Å². The molecule has 1 unspecified atom stereocenters. The van der Waals surface area contributed by atoms with Crippen molar-refractivity contribution in [2.75, 3.05) is 0 Å². The van der Waals surface area contributed by atoms with E-state index in [1.54, 1.807) is 0 Å². The van der Waals surface area contributed by atoms with Crippen LogP contribution in [0, 0.1) is 0 Å². The van der Waals surface area contributed by atoms with Gasteiger partial charge in [-0.2, -0.15) is 0 Å². The predicted molar refractivity (Wildman–Crippen MR) is 48.5 cm³/mol. The van der Waals surface area contributed by atoms with Crippen molar-refractivity contribution in [3.63, 3.8) is 0 Å². The molecule has 1 heterocycles. The molecule has 1 aromatic heterocycles. The molecule has 70 valence electrons. The quantitative estimate of drug-likeness (QED) is 0.706. The van der Waals surface area contributed by atoms with E-state index >= 15 is 0 Å². The third kappa shape index (κ3) is 1.27. The maximum absolute atomic E-state index is 5.86. The van der Waals surface area contributed by atoms with Crippen LogP contribution in [0.1, 0.15) is 42.5 Å². The Morgan fingerprint density at radius 3 is 2.92 bits per heavy atom. The highest BCUT2D eigenvalue weighted by molar-refractivity contribution is 5.18. The number of aryl methyl sites for hydroxylation is 1. The van der Waals surface area contributed by atoms with Crippen molar-refractivity contribution in [3.05, 3.63) is 17.3 Å². The van der Waals surface area contributed by atoms with Gasteiger partial charge < -0.3 is 10.2 Å². The van der Waals surface area contributed by atoms with E-state index in [9.17, 15) is 0 Å². The molecule has 3 nitrogen and oxygen atoms in total. The van der Waals surface area contributed by atoms with Gasteiger partial charge in [0.1, 0.15) is 5.76 Å². The van der Waals surface area contributed by atoms with Gasteiger partial charge in [-0.05, 0) is 25.7 Å². The van der Waals surface area contributed by atoms with E-state index in [4.69, 9.17) is 10.2 Å². The number of fused-ring (bicyclic) bond motifs is 1. The molecule has 2 aliphatic carbocycles. The average molecular weight is 178 g/mol. The van der Waals surface area contributed by atoms with Gasteiger partial charge in [0.05, 0.1) is 5.69 Å². The Morgan fingerprint density at radius 2 is 2.15 bits per heavy atom. The van der Waals surface area contributed by atoms with Gasteiger partial charge >= 0.3 is 0 Å². The molecule has 0 aromatic carbocycles. The Balaban J connectivity index is 1.93. The van der Waals surface area contributed by atoms with Gasteiger partial charge in [-0.1, -0.05) is 0 Å². The van der Waals surface area contributed by atoms with Gasteiger partial charge in [0.2, 0.25) is 0 Å². The molecule has 0 saturated heterocycles. The molecule has 0 bridgehead atoms. The lowest BCUT2D eigenvalue weighted by Gasteiger charge is -2.14. The van der Waals surface area contributed by atoms with Gasteiger partial charge in [-0.3, -0.25) is 0 Å². The second-order valence-corrected chi connectivity index (χ2v) is 4.20. The molecular formula is C10H14N2O. The van der Waals surface area contributed by atoms with Crippen molar-refractivity contribution in [1.29, 1.82) is 0 Å². The Kier molecular flexibility index (Phi) is 1.50. The van der Waals surface area contributed by atoms with Crippen LogP contribution in [0.5, 0.6) is 0 Å². The topological polar surface area (TPSA) is 52.0 Å². The van der Waals surface area contributed by atoms with Gasteiger partial charge in [-0.25, -0.2) is 4.98 Å². The smallest absolute Gasteiger partial charge is 0.197 e. The van der Waals surface area contributed by atoms with Crippen molar-refractivity contribution in [2.24, 2.45) is 5.73 Å². The summed E-state index contributed by atoms with van der Waals surface area (Å²) in [4.78, 5) is 4.53. The first-order valence-electron chi connectivity index (χ1n) is 5.07. The summed E-state index contributed by atoms with van der Waals surface area (Å²) in [6, 6.07) is 0.285. The summed E-state index contributed by atoms with van der Waals surface area (Å²) >= 11 is 0. The van der Waals surface area contributed by atoms with Crippen LogP contribution in [0.3, 0.4) is 0 Å². The number of nitrogens with zero attached hydrogens (tertiary/aromatic N) is 1. The standard InChI is InChI=1S/C10H14N2O/c11-7-3-4-8-9(5-7)13-10(12-8)6-1-2-6/h6-7H,1-5,11H2. The number of nitrogens with two attached hydrogens (primary N) is 1. The fraction of sp³-hybridized carbons (Fsp3) is 0.700. The van der Waals surface area contributed by atoms with Crippen LogP contribution in [0.4, 0.5) is 0 Å². The summed E-state index contributed by atoms with van der Waals surface area (Å²) in [5.41, 5.74) is 7.03. The van der Waals surface area contributed by atoms with Gasteiger partial charge in [-0.15, -0.1) is 0 Å². The first-order chi connectivity index (χ1) is 6.33. The normalized spacial score (nSPS) is 27.3. The molecule has 1 fully saturated rings. The number of rotatable bonds is 1. The maximum atomic E-state index is 5.86. The summed E-state index contributed by atoms with van der Waals surface area (Å²) in [6.07, 6.45) is 5.46. The highest BCUT2D eigenvalue weighted by Crippen LogP contribution is 2.40. The van der Waals surface area contributed by atoms with E-state index in [-0.39, 0.29) is 6.04 Å². The monoisotopic (exact) mass is 178 g/mol. The molecule has 1 atom stereocenters. The molecule has 2 aliphatic rings. The lowest BCUT2D eigenvalue weighted by atomic mass is 9.98. The second-order valence-electron chi connectivity index (χ2n) is 4.20. The first kappa shape index (κ1) is 7.56. The van der Waals surface area contributed by atoms with Crippen molar-refractivity contribution in [1.82, 2.24) is 4.98 Å². The fourth-order valence-electron chi connectivity index (χ4n) is 1.93. The highest BCUT2D eigenvalue weighted by Gasteiger charge is 2.31. The average Bonchev–Trinajstić information content (AvgIpc) is 2.87. The molecule has 0 radical (unpaired) electrons. The van der Waals surface area contributed by atoms with Crippen LogP contribution in [0.15, 0.2) is 4.42 Å². The Labute approximate surface area is 77.3 Å². The molecule has 0 amide bonds. The van der Waals surface area contributed by atoms with Crippen molar-refractivity contribution in [2.45, 2.75) is 44.1 Å². The summed E-state index contributed by atoms with van der Waals surface area (Å²) in [5, 5.41) is 0. The molecule has 0 spiro atoms. The van der Waals surface area contributed by atoms with E-state index in [1.165, 1.54) is 18.5 Å². The van der Waals surface area contributed by atoms with E-state index in [2.05, 4.69) is 4.98 Å².